The fourth-order valence-electron chi connectivity index (χ4n) is 2.80. The van der Waals surface area contributed by atoms with Crippen LogP contribution in [-0.2, 0) is 4.74 Å². The molecule has 1 aliphatic heterocycles. The van der Waals surface area contributed by atoms with Crippen molar-refractivity contribution >= 4 is 35.6 Å². The van der Waals surface area contributed by atoms with E-state index in [1.54, 1.807) is 30.3 Å². The van der Waals surface area contributed by atoms with E-state index in [0.29, 0.717) is 46.0 Å². The molecular formula is C18H21Cl3N2O3. The summed E-state index contributed by atoms with van der Waals surface area (Å²) >= 11 is 12.0. The quantitative estimate of drug-likeness (QED) is 0.765. The average molecular weight is 420 g/mol. The van der Waals surface area contributed by atoms with Gasteiger partial charge in [-0.3, -0.25) is 0 Å². The number of pyridine rings is 1. The summed E-state index contributed by atoms with van der Waals surface area (Å²) in [5.41, 5.74) is 8.21. The minimum absolute atomic E-state index is 0. The SMILES string of the molecule is Cc1nc(OC2CCOC2)ccc1[C@@H](O)[C@@H](N)c1ccc(Cl)c(Cl)c1.Cl. The Kier molecular flexibility index (Phi) is 7.52. The van der Waals surface area contributed by atoms with Crippen molar-refractivity contribution in [2.75, 3.05) is 13.2 Å². The van der Waals surface area contributed by atoms with Gasteiger partial charge in [0.05, 0.1) is 35.4 Å². The topological polar surface area (TPSA) is 77.6 Å². The minimum atomic E-state index is -0.923. The summed E-state index contributed by atoms with van der Waals surface area (Å²) in [6.07, 6.45) is -0.0393. The van der Waals surface area contributed by atoms with Crippen LogP contribution in [0, 0.1) is 6.92 Å². The lowest BCUT2D eigenvalue weighted by molar-refractivity contribution is 0.136. The van der Waals surface area contributed by atoms with Gasteiger partial charge in [0.25, 0.3) is 0 Å². The maximum absolute atomic E-state index is 10.7. The molecule has 5 nitrogen and oxygen atoms in total. The van der Waals surface area contributed by atoms with Gasteiger partial charge in [0.2, 0.25) is 5.88 Å². The maximum atomic E-state index is 10.7. The number of nitrogens with two attached hydrogens (primary N) is 1. The molecule has 0 bridgehead atoms. The van der Waals surface area contributed by atoms with Crippen LogP contribution in [0.3, 0.4) is 0 Å². The lowest BCUT2D eigenvalue weighted by Crippen LogP contribution is -2.21. The predicted molar refractivity (Wildman–Crippen MR) is 104 cm³/mol. The number of rotatable bonds is 5. The van der Waals surface area contributed by atoms with Gasteiger partial charge in [-0.1, -0.05) is 29.3 Å². The molecule has 1 unspecified atom stereocenters. The second kappa shape index (κ2) is 9.22. The molecule has 1 aliphatic rings. The van der Waals surface area contributed by atoms with Crippen LogP contribution in [0.1, 0.15) is 35.4 Å². The Morgan fingerprint density at radius 1 is 1.27 bits per heavy atom. The fourth-order valence-corrected chi connectivity index (χ4v) is 3.11. The van der Waals surface area contributed by atoms with Crippen LogP contribution in [0.25, 0.3) is 0 Å². The van der Waals surface area contributed by atoms with E-state index in [9.17, 15) is 5.11 Å². The smallest absolute Gasteiger partial charge is 0.213 e. The zero-order valence-corrected chi connectivity index (χ0v) is 16.5. The highest BCUT2D eigenvalue weighted by Crippen LogP contribution is 2.32. The number of benzene rings is 1. The van der Waals surface area contributed by atoms with Crippen LogP contribution in [0.15, 0.2) is 30.3 Å². The Labute approximate surface area is 168 Å². The standard InChI is InChI=1S/C18H20Cl2N2O3.ClH/c1-10-13(3-5-16(22-10)25-12-6-7-24-9-12)18(23)17(21)11-2-4-14(19)15(20)8-11;/h2-5,8,12,17-18,23H,6-7,9,21H2,1H3;1H/t12?,17-,18+;/m0./s1. The Morgan fingerprint density at radius 3 is 2.65 bits per heavy atom. The Bertz CT molecular complexity index is 754. The third kappa shape index (κ3) is 4.80. The number of ether oxygens (including phenoxy) is 2. The maximum Gasteiger partial charge on any atom is 0.213 e. The van der Waals surface area contributed by atoms with Gasteiger partial charge in [-0.15, -0.1) is 12.4 Å². The van der Waals surface area contributed by atoms with Crippen molar-refractivity contribution in [1.29, 1.82) is 0 Å². The summed E-state index contributed by atoms with van der Waals surface area (Å²) in [6.45, 7) is 3.10. The molecule has 2 aromatic rings. The van der Waals surface area contributed by atoms with E-state index in [2.05, 4.69) is 4.98 Å². The molecule has 0 amide bonds. The molecular weight excluding hydrogens is 399 g/mol. The van der Waals surface area contributed by atoms with Crippen LogP contribution >= 0.6 is 35.6 Å². The molecule has 0 aliphatic carbocycles. The minimum Gasteiger partial charge on any atom is -0.472 e. The summed E-state index contributed by atoms with van der Waals surface area (Å²) < 4.78 is 11.1. The van der Waals surface area contributed by atoms with E-state index < -0.39 is 12.1 Å². The van der Waals surface area contributed by atoms with Gasteiger partial charge in [0, 0.05) is 23.7 Å². The first-order valence-corrected chi connectivity index (χ1v) is 8.82. The van der Waals surface area contributed by atoms with E-state index >= 15 is 0 Å². The highest BCUT2D eigenvalue weighted by atomic mass is 35.5. The first-order valence-electron chi connectivity index (χ1n) is 8.06. The van der Waals surface area contributed by atoms with Crippen LogP contribution in [0.4, 0.5) is 0 Å². The molecule has 1 aromatic carbocycles. The summed E-state index contributed by atoms with van der Waals surface area (Å²) in [4.78, 5) is 4.42. The molecule has 26 heavy (non-hydrogen) atoms. The van der Waals surface area contributed by atoms with Gasteiger partial charge in [-0.25, -0.2) is 4.98 Å². The van der Waals surface area contributed by atoms with Crippen molar-refractivity contribution in [3.8, 4) is 5.88 Å². The van der Waals surface area contributed by atoms with Gasteiger partial charge in [-0.05, 0) is 30.7 Å². The molecule has 0 radical (unpaired) electrons. The largest absolute Gasteiger partial charge is 0.472 e. The first-order chi connectivity index (χ1) is 12.0. The molecule has 3 atom stereocenters. The number of aliphatic hydroxyl groups is 1. The molecule has 0 spiro atoms. The second-order valence-corrected chi connectivity index (χ2v) is 6.89. The first kappa shape index (κ1) is 21.2. The van der Waals surface area contributed by atoms with E-state index in [4.69, 9.17) is 38.4 Å². The summed E-state index contributed by atoms with van der Waals surface area (Å²) in [7, 11) is 0. The number of halogens is 3. The van der Waals surface area contributed by atoms with Gasteiger partial charge in [0.1, 0.15) is 6.10 Å². The van der Waals surface area contributed by atoms with E-state index in [1.807, 2.05) is 6.92 Å². The van der Waals surface area contributed by atoms with E-state index in [1.165, 1.54) is 0 Å². The van der Waals surface area contributed by atoms with Crippen LogP contribution in [0.2, 0.25) is 10.0 Å². The second-order valence-electron chi connectivity index (χ2n) is 6.07. The zero-order valence-electron chi connectivity index (χ0n) is 14.2. The van der Waals surface area contributed by atoms with E-state index in [-0.39, 0.29) is 18.5 Å². The molecule has 0 saturated carbocycles. The van der Waals surface area contributed by atoms with Gasteiger partial charge < -0.3 is 20.3 Å². The predicted octanol–water partition coefficient (Wildman–Crippen LogP) is 4.02. The van der Waals surface area contributed by atoms with Crippen molar-refractivity contribution in [1.82, 2.24) is 4.98 Å². The summed E-state index contributed by atoms with van der Waals surface area (Å²) in [6, 6.07) is 7.96. The molecule has 3 rings (SSSR count). The van der Waals surface area contributed by atoms with Crippen molar-refractivity contribution in [2.45, 2.75) is 31.6 Å². The van der Waals surface area contributed by atoms with Crippen molar-refractivity contribution in [3.05, 3.63) is 57.2 Å². The molecule has 2 heterocycles. The number of nitrogens with zero attached hydrogens (tertiary/aromatic N) is 1. The monoisotopic (exact) mass is 418 g/mol. The van der Waals surface area contributed by atoms with Crippen LogP contribution < -0.4 is 10.5 Å². The Morgan fingerprint density at radius 2 is 2.04 bits per heavy atom. The molecule has 1 aromatic heterocycles. The molecule has 142 valence electrons. The van der Waals surface area contributed by atoms with E-state index in [0.717, 1.165) is 6.42 Å². The van der Waals surface area contributed by atoms with Gasteiger partial charge in [0.15, 0.2) is 0 Å². The lowest BCUT2D eigenvalue weighted by Gasteiger charge is -2.22. The van der Waals surface area contributed by atoms with Crippen molar-refractivity contribution in [2.24, 2.45) is 5.73 Å². The van der Waals surface area contributed by atoms with Crippen molar-refractivity contribution in [3.63, 3.8) is 0 Å². The number of aromatic nitrogens is 1. The number of hydrogen-bond donors (Lipinski definition) is 2. The highest BCUT2D eigenvalue weighted by molar-refractivity contribution is 6.42. The van der Waals surface area contributed by atoms with Gasteiger partial charge in [-0.2, -0.15) is 0 Å². The fraction of sp³-hybridized carbons (Fsp3) is 0.389. The number of hydrogen-bond acceptors (Lipinski definition) is 5. The summed E-state index contributed by atoms with van der Waals surface area (Å²) in [5.74, 6) is 0.520. The normalized spacial score (nSPS) is 18.9. The van der Waals surface area contributed by atoms with Crippen LogP contribution in [-0.4, -0.2) is 29.4 Å². The third-order valence-electron chi connectivity index (χ3n) is 4.26. The Balaban J connectivity index is 0.00000243. The highest BCUT2D eigenvalue weighted by Gasteiger charge is 2.23. The zero-order chi connectivity index (χ0) is 18.0. The van der Waals surface area contributed by atoms with Crippen molar-refractivity contribution < 1.29 is 14.6 Å². The number of aliphatic hydroxyl groups excluding tert-OH is 1. The average Bonchev–Trinajstić information content (AvgIpc) is 3.09. The summed E-state index contributed by atoms with van der Waals surface area (Å²) in [5, 5.41) is 11.5. The molecule has 3 N–H and O–H groups in total. The van der Waals surface area contributed by atoms with Gasteiger partial charge >= 0.3 is 0 Å². The van der Waals surface area contributed by atoms with Crippen LogP contribution in [0.5, 0.6) is 5.88 Å². The third-order valence-corrected chi connectivity index (χ3v) is 5.00. The lowest BCUT2D eigenvalue weighted by atomic mass is 9.96. The molecule has 1 fully saturated rings. The Hall–Kier alpha value is -1.08. The molecule has 8 heteroatoms. The molecule has 1 saturated heterocycles. The number of aryl methyl sites for hydroxylation is 1.